The molecule has 29 heavy (non-hydrogen) atoms. The molecule has 0 saturated heterocycles. The number of nitrogens with zero attached hydrogens (tertiary/aromatic N) is 2. The highest BCUT2D eigenvalue weighted by atomic mass is 16.5. The minimum atomic E-state index is -0.347. The van der Waals surface area contributed by atoms with E-state index in [0.29, 0.717) is 35.4 Å². The molecule has 0 bridgehead atoms. The van der Waals surface area contributed by atoms with E-state index in [9.17, 15) is 4.79 Å². The Morgan fingerprint density at radius 2 is 1.79 bits per heavy atom. The molecule has 7 nitrogen and oxygen atoms in total. The summed E-state index contributed by atoms with van der Waals surface area (Å²) in [5.74, 6) is 1.24. The molecule has 7 heteroatoms. The van der Waals surface area contributed by atoms with E-state index in [-0.39, 0.29) is 11.6 Å². The molecule has 2 N–H and O–H groups in total. The Balaban J connectivity index is 1.86. The average molecular weight is 392 g/mol. The zero-order valence-corrected chi connectivity index (χ0v) is 16.9. The zero-order valence-electron chi connectivity index (χ0n) is 16.9. The van der Waals surface area contributed by atoms with Crippen LogP contribution in [0.5, 0.6) is 11.5 Å². The van der Waals surface area contributed by atoms with Crippen molar-refractivity contribution in [3.05, 3.63) is 65.5 Å². The van der Waals surface area contributed by atoms with Gasteiger partial charge in [0.1, 0.15) is 17.2 Å². The van der Waals surface area contributed by atoms with Gasteiger partial charge in [0.15, 0.2) is 0 Å². The lowest BCUT2D eigenvalue weighted by atomic mass is 10.2. The number of nitrogens with one attached hydrogen (secondary N) is 2. The van der Waals surface area contributed by atoms with Crippen molar-refractivity contribution in [1.29, 1.82) is 0 Å². The Morgan fingerprint density at radius 3 is 2.55 bits per heavy atom. The number of aryl methyl sites for hydroxylation is 2. The van der Waals surface area contributed by atoms with Gasteiger partial charge in [-0.05, 0) is 56.7 Å². The summed E-state index contributed by atoms with van der Waals surface area (Å²) in [6, 6.07) is 14.7. The van der Waals surface area contributed by atoms with Crippen molar-refractivity contribution in [3.8, 4) is 11.5 Å². The van der Waals surface area contributed by atoms with Gasteiger partial charge in [-0.2, -0.15) is 0 Å². The molecule has 1 amide bonds. The number of ether oxygens (including phenoxy) is 2. The smallest absolute Gasteiger partial charge is 0.274 e. The highest BCUT2D eigenvalue weighted by Crippen LogP contribution is 2.27. The summed E-state index contributed by atoms with van der Waals surface area (Å²) < 4.78 is 10.9. The fraction of sp³-hybridized carbons (Fsp3) is 0.227. The molecule has 0 saturated carbocycles. The molecule has 150 valence electrons. The first kappa shape index (κ1) is 20.1. The van der Waals surface area contributed by atoms with Crippen molar-refractivity contribution in [2.45, 2.75) is 20.8 Å². The lowest BCUT2D eigenvalue weighted by Gasteiger charge is -2.13. The molecule has 2 aromatic carbocycles. The first-order valence-corrected chi connectivity index (χ1v) is 9.30. The molecule has 1 aromatic heterocycles. The average Bonchev–Trinajstić information content (AvgIpc) is 2.69. The molecule has 0 spiro atoms. The fourth-order valence-corrected chi connectivity index (χ4v) is 2.82. The van der Waals surface area contributed by atoms with Crippen LogP contribution >= 0.6 is 0 Å². The number of benzene rings is 2. The number of aromatic nitrogens is 2. The summed E-state index contributed by atoms with van der Waals surface area (Å²) >= 11 is 0. The van der Waals surface area contributed by atoms with Crippen LogP contribution in [0.1, 0.15) is 28.7 Å². The molecule has 0 radical (unpaired) electrons. The monoisotopic (exact) mass is 392 g/mol. The second-order valence-corrected chi connectivity index (χ2v) is 6.43. The molecule has 0 unspecified atom stereocenters. The van der Waals surface area contributed by atoms with E-state index in [0.717, 1.165) is 11.3 Å². The van der Waals surface area contributed by atoms with Crippen LogP contribution < -0.4 is 20.1 Å². The standard InChI is InChI=1S/C22H24N4O3/c1-5-29-20-9-7-6-8-16(20)25-22-23-15(3)13-18(26-22)21(27)24-17-12-14(2)10-11-19(17)28-4/h6-13H,5H2,1-4H3,(H,24,27)(H,23,25,26). The number of carbonyl (C=O) groups excluding carboxylic acids is 1. The Morgan fingerprint density at radius 1 is 1.00 bits per heavy atom. The minimum absolute atomic E-state index is 0.248. The van der Waals surface area contributed by atoms with Gasteiger partial charge < -0.3 is 20.1 Å². The van der Waals surface area contributed by atoms with E-state index in [2.05, 4.69) is 20.6 Å². The van der Waals surface area contributed by atoms with Crippen LogP contribution in [-0.2, 0) is 0 Å². The van der Waals surface area contributed by atoms with Crippen LogP contribution in [0.25, 0.3) is 0 Å². The van der Waals surface area contributed by atoms with Crippen molar-refractivity contribution in [1.82, 2.24) is 9.97 Å². The molecule has 0 aliphatic carbocycles. The summed E-state index contributed by atoms with van der Waals surface area (Å²) in [6.45, 7) is 6.22. The van der Waals surface area contributed by atoms with Crippen LogP contribution in [0.15, 0.2) is 48.5 Å². The van der Waals surface area contributed by atoms with Crippen molar-refractivity contribution >= 4 is 23.2 Å². The predicted molar refractivity (Wildman–Crippen MR) is 113 cm³/mol. The number of carbonyl (C=O) groups is 1. The first-order valence-electron chi connectivity index (χ1n) is 9.30. The fourth-order valence-electron chi connectivity index (χ4n) is 2.82. The zero-order chi connectivity index (χ0) is 20.8. The van der Waals surface area contributed by atoms with Crippen LogP contribution in [-0.4, -0.2) is 29.6 Å². The van der Waals surface area contributed by atoms with Crippen LogP contribution in [0.2, 0.25) is 0 Å². The topological polar surface area (TPSA) is 85.4 Å². The lowest BCUT2D eigenvalue weighted by molar-refractivity contribution is 0.102. The third kappa shape index (κ3) is 5.01. The Bertz CT molecular complexity index is 1020. The highest BCUT2D eigenvalue weighted by Gasteiger charge is 2.14. The third-order valence-corrected chi connectivity index (χ3v) is 4.12. The van der Waals surface area contributed by atoms with Gasteiger partial charge in [-0.15, -0.1) is 0 Å². The van der Waals surface area contributed by atoms with E-state index in [1.807, 2.05) is 63.2 Å². The second kappa shape index (κ2) is 9.05. The number of amides is 1. The maximum absolute atomic E-state index is 12.8. The molecular weight excluding hydrogens is 368 g/mol. The normalized spacial score (nSPS) is 10.3. The van der Waals surface area contributed by atoms with E-state index in [1.165, 1.54) is 0 Å². The van der Waals surface area contributed by atoms with Crippen LogP contribution in [0.4, 0.5) is 17.3 Å². The largest absolute Gasteiger partial charge is 0.495 e. The Hall–Kier alpha value is -3.61. The summed E-state index contributed by atoms with van der Waals surface area (Å²) in [5.41, 5.74) is 3.24. The Kier molecular flexibility index (Phi) is 6.29. The molecular formula is C22H24N4O3. The summed E-state index contributed by atoms with van der Waals surface area (Å²) in [6.07, 6.45) is 0. The number of rotatable bonds is 7. The summed E-state index contributed by atoms with van der Waals surface area (Å²) in [4.78, 5) is 21.6. The highest BCUT2D eigenvalue weighted by molar-refractivity contribution is 6.04. The second-order valence-electron chi connectivity index (χ2n) is 6.43. The molecule has 3 rings (SSSR count). The van der Waals surface area contributed by atoms with Crippen molar-refractivity contribution in [2.24, 2.45) is 0 Å². The SMILES string of the molecule is CCOc1ccccc1Nc1nc(C)cc(C(=O)Nc2cc(C)ccc2OC)n1. The molecule has 0 aliphatic rings. The summed E-state index contributed by atoms with van der Waals surface area (Å²) in [7, 11) is 1.56. The van der Waals surface area contributed by atoms with E-state index < -0.39 is 0 Å². The van der Waals surface area contributed by atoms with Gasteiger partial charge in [-0.1, -0.05) is 18.2 Å². The number of anilines is 3. The molecule has 1 heterocycles. The molecule has 3 aromatic rings. The molecule has 0 aliphatic heterocycles. The van der Waals surface area contributed by atoms with Gasteiger partial charge in [0.2, 0.25) is 5.95 Å². The maximum Gasteiger partial charge on any atom is 0.274 e. The quantitative estimate of drug-likeness (QED) is 0.616. The van der Waals surface area contributed by atoms with Crippen molar-refractivity contribution in [2.75, 3.05) is 24.4 Å². The minimum Gasteiger partial charge on any atom is -0.495 e. The van der Waals surface area contributed by atoms with Gasteiger partial charge in [0.25, 0.3) is 5.91 Å². The van der Waals surface area contributed by atoms with Crippen LogP contribution in [0.3, 0.4) is 0 Å². The van der Waals surface area contributed by atoms with E-state index in [4.69, 9.17) is 9.47 Å². The van der Waals surface area contributed by atoms with E-state index in [1.54, 1.807) is 13.2 Å². The number of para-hydroxylation sites is 2. The number of hydrogen-bond donors (Lipinski definition) is 2. The third-order valence-electron chi connectivity index (χ3n) is 4.12. The number of methoxy groups -OCH3 is 1. The maximum atomic E-state index is 12.8. The van der Waals surface area contributed by atoms with Crippen molar-refractivity contribution in [3.63, 3.8) is 0 Å². The molecule has 0 fully saturated rings. The first-order chi connectivity index (χ1) is 14.0. The van der Waals surface area contributed by atoms with E-state index >= 15 is 0 Å². The Labute approximate surface area is 170 Å². The van der Waals surface area contributed by atoms with Gasteiger partial charge in [-0.25, -0.2) is 9.97 Å². The lowest BCUT2D eigenvalue weighted by Crippen LogP contribution is -2.16. The number of hydrogen-bond acceptors (Lipinski definition) is 6. The van der Waals surface area contributed by atoms with Crippen molar-refractivity contribution < 1.29 is 14.3 Å². The summed E-state index contributed by atoms with van der Waals surface area (Å²) in [5, 5.41) is 6.00. The van der Waals surface area contributed by atoms with Gasteiger partial charge in [0, 0.05) is 5.69 Å². The van der Waals surface area contributed by atoms with Gasteiger partial charge in [-0.3, -0.25) is 4.79 Å². The van der Waals surface area contributed by atoms with Gasteiger partial charge >= 0.3 is 0 Å². The predicted octanol–water partition coefficient (Wildman–Crippen LogP) is 4.50. The molecule has 0 atom stereocenters. The van der Waals surface area contributed by atoms with Crippen LogP contribution in [0, 0.1) is 13.8 Å². The van der Waals surface area contributed by atoms with Gasteiger partial charge in [0.05, 0.1) is 25.1 Å².